The normalized spacial score (nSPS) is 13.5. The van der Waals surface area contributed by atoms with Crippen molar-refractivity contribution in [1.29, 1.82) is 0 Å². The summed E-state index contributed by atoms with van der Waals surface area (Å²) in [6, 6.07) is 119. The average molecular weight is 1330 g/mol. The molecule has 0 saturated carbocycles. The molecule has 488 valence electrons. The molecule has 0 N–H and O–H groups in total. The summed E-state index contributed by atoms with van der Waals surface area (Å²) in [6.45, 7) is 9.44. The molecule has 20 aromatic rings. The summed E-state index contributed by atoms with van der Waals surface area (Å²) in [6.07, 6.45) is 0. The Morgan fingerprint density at radius 2 is 0.558 bits per heavy atom. The molecule has 0 unspecified atom stereocenters. The summed E-state index contributed by atoms with van der Waals surface area (Å²) in [5.74, 6) is 1.74. The van der Waals surface area contributed by atoms with Gasteiger partial charge in [-0.15, -0.1) is 0 Å². The Morgan fingerprint density at radius 1 is 0.212 bits per heavy atom. The van der Waals surface area contributed by atoms with Crippen LogP contribution in [-0.4, -0.2) is 33.2 Å². The highest BCUT2D eigenvalue weighted by Crippen LogP contribution is 2.52. The molecule has 0 bridgehead atoms. The highest BCUT2D eigenvalue weighted by atomic mass is 15.2. The molecule has 7 nitrogen and oxygen atoms in total. The lowest BCUT2D eigenvalue weighted by atomic mass is 9.82. The van der Waals surface area contributed by atoms with E-state index >= 15 is 0 Å². The standard InChI is InChI=1S/C97H65N7/c1-96(2)80-32-16-10-25-66(80)68-44-42-63(56-82(68)96)101-84-34-18-12-28-71(84)76-52-59(38-47-89(76)101)61-40-49-91-78(54-61)73-30-14-20-36-86(73)103(91)88-51-46-75(65-24-8-9-27-70(65)88)94-98-93(58-22-6-5-7-23-58)99-95(100-94)104-87-37-21-15-31-74(87)79-55-62(41-50-92(79)104)60-39-48-90-77(53-60)72-29-13-19-35-85(72)102(90)64-43-45-69-67-26-11-17-33-81(67)97(3,4)83(69)57-64/h5-57H,1-4H3. The quantitative estimate of drug-likeness (QED) is 0.152. The van der Waals surface area contributed by atoms with Gasteiger partial charge < -0.3 is 13.7 Å². The Kier molecular flexibility index (Phi) is 12.2. The third-order valence-corrected chi connectivity index (χ3v) is 23.2. The summed E-state index contributed by atoms with van der Waals surface area (Å²) < 4.78 is 9.58. The van der Waals surface area contributed by atoms with E-state index in [2.05, 4.69) is 361 Å². The van der Waals surface area contributed by atoms with Crippen LogP contribution in [-0.2, 0) is 10.8 Å². The molecule has 2 aliphatic rings. The molecule has 2 aliphatic carbocycles. The van der Waals surface area contributed by atoms with Crippen molar-refractivity contribution in [2.45, 2.75) is 38.5 Å². The third kappa shape index (κ3) is 8.32. The summed E-state index contributed by atoms with van der Waals surface area (Å²) >= 11 is 0. The van der Waals surface area contributed by atoms with Crippen LogP contribution >= 0.6 is 0 Å². The van der Waals surface area contributed by atoms with Gasteiger partial charge >= 0.3 is 0 Å². The zero-order valence-electron chi connectivity index (χ0n) is 57.7. The van der Waals surface area contributed by atoms with Crippen LogP contribution in [0.3, 0.4) is 0 Å². The Balaban J connectivity index is 0.645. The summed E-state index contributed by atoms with van der Waals surface area (Å²) in [5, 5.41) is 11.7. The van der Waals surface area contributed by atoms with Gasteiger partial charge in [0, 0.05) is 81.8 Å². The Hall–Kier alpha value is -13.2. The molecule has 0 atom stereocenters. The lowest BCUT2D eigenvalue weighted by Gasteiger charge is -2.22. The van der Waals surface area contributed by atoms with Crippen LogP contribution in [0, 0.1) is 0 Å². The van der Waals surface area contributed by atoms with Crippen molar-refractivity contribution in [3.8, 4) is 90.3 Å². The Labute approximate surface area is 600 Å². The lowest BCUT2D eigenvalue weighted by molar-refractivity contribution is 0.660. The molecule has 0 spiro atoms. The molecule has 5 heterocycles. The van der Waals surface area contributed by atoms with Crippen molar-refractivity contribution in [1.82, 2.24) is 33.2 Å². The first kappa shape index (κ1) is 58.6. The molecule has 0 saturated heterocycles. The molecule has 0 fully saturated rings. The van der Waals surface area contributed by atoms with E-state index in [1.165, 1.54) is 121 Å². The lowest BCUT2D eigenvalue weighted by Crippen LogP contribution is -2.15. The van der Waals surface area contributed by atoms with Crippen LogP contribution in [0.4, 0.5) is 0 Å². The van der Waals surface area contributed by atoms with E-state index in [1.54, 1.807) is 0 Å². The molecule has 0 radical (unpaired) electrons. The van der Waals surface area contributed by atoms with E-state index in [0.29, 0.717) is 17.6 Å². The molecule has 0 aliphatic heterocycles. The maximum atomic E-state index is 5.57. The van der Waals surface area contributed by atoms with Crippen LogP contribution in [0.5, 0.6) is 0 Å². The van der Waals surface area contributed by atoms with Gasteiger partial charge in [0.15, 0.2) is 11.6 Å². The Bertz CT molecular complexity index is 7110. The van der Waals surface area contributed by atoms with E-state index in [0.717, 1.165) is 71.6 Å². The van der Waals surface area contributed by atoms with Gasteiger partial charge in [-0.1, -0.05) is 240 Å². The topological polar surface area (TPSA) is 58.4 Å². The van der Waals surface area contributed by atoms with Crippen molar-refractivity contribution in [3.63, 3.8) is 0 Å². The molecular weight excluding hydrogens is 1260 g/mol. The first-order chi connectivity index (χ1) is 51.1. The first-order valence-corrected chi connectivity index (χ1v) is 36.1. The maximum absolute atomic E-state index is 5.57. The number of benzene rings is 15. The smallest absolute Gasteiger partial charge is 0.238 e. The first-order valence-electron chi connectivity index (χ1n) is 36.1. The number of aromatic nitrogens is 7. The van der Waals surface area contributed by atoms with E-state index in [-0.39, 0.29) is 10.8 Å². The van der Waals surface area contributed by atoms with Crippen LogP contribution in [0.25, 0.3) is 188 Å². The zero-order valence-corrected chi connectivity index (χ0v) is 57.7. The van der Waals surface area contributed by atoms with Gasteiger partial charge in [0.1, 0.15) is 0 Å². The number of para-hydroxylation sites is 4. The molecular formula is C97H65N7. The second-order valence-electron chi connectivity index (χ2n) is 29.5. The number of hydrogen-bond acceptors (Lipinski definition) is 3. The molecule has 5 aromatic heterocycles. The van der Waals surface area contributed by atoms with Crippen LogP contribution in [0.2, 0.25) is 0 Å². The SMILES string of the molecule is CC1(C)c2ccccc2-c2ccc(-n3c4ccccc4c4cc(-c5ccc6c(c5)c5ccccc5n6-c5nc(-c6ccccc6)nc(-c6ccc(-n7c8ccccc8c8cc(-c9ccc%10c(c9)c9ccccc9n%10-c9ccc%10c(c9)C(C)(C)c9ccccc9-%10)ccc87)c7ccccc67)n5)ccc43)cc21. The molecule has 7 heteroatoms. The zero-order chi connectivity index (χ0) is 68.8. The molecule has 22 rings (SSSR count). The summed E-state index contributed by atoms with van der Waals surface area (Å²) in [4.78, 5) is 16.4. The van der Waals surface area contributed by atoms with Crippen LogP contribution in [0.15, 0.2) is 322 Å². The van der Waals surface area contributed by atoms with Crippen LogP contribution < -0.4 is 0 Å². The van der Waals surface area contributed by atoms with Gasteiger partial charge in [0.2, 0.25) is 5.95 Å². The number of rotatable bonds is 8. The monoisotopic (exact) mass is 1330 g/mol. The highest BCUT2D eigenvalue weighted by Gasteiger charge is 2.37. The highest BCUT2D eigenvalue weighted by molar-refractivity contribution is 6.16. The van der Waals surface area contributed by atoms with Crippen molar-refractivity contribution < 1.29 is 0 Å². The van der Waals surface area contributed by atoms with E-state index in [1.807, 2.05) is 6.07 Å². The fourth-order valence-corrected chi connectivity index (χ4v) is 18.3. The van der Waals surface area contributed by atoms with Gasteiger partial charge in [-0.3, -0.25) is 4.57 Å². The van der Waals surface area contributed by atoms with E-state index < -0.39 is 0 Å². The molecule has 0 amide bonds. The summed E-state index contributed by atoms with van der Waals surface area (Å²) in [7, 11) is 0. The van der Waals surface area contributed by atoms with Gasteiger partial charge in [-0.05, 0) is 181 Å². The van der Waals surface area contributed by atoms with Crippen molar-refractivity contribution >= 4 is 98.0 Å². The second kappa shape index (κ2) is 21.6. The predicted octanol–water partition coefficient (Wildman–Crippen LogP) is 24.7. The van der Waals surface area contributed by atoms with Gasteiger partial charge in [-0.25, -0.2) is 4.98 Å². The van der Waals surface area contributed by atoms with E-state index in [4.69, 9.17) is 15.0 Å². The molecule has 104 heavy (non-hydrogen) atoms. The number of hydrogen-bond donors (Lipinski definition) is 0. The largest absolute Gasteiger partial charge is 0.309 e. The fraction of sp³-hybridized carbons (Fsp3) is 0.0619. The minimum Gasteiger partial charge on any atom is -0.309 e. The van der Waals surface area contributed by atoms with Gasteiger partial charge in [0.05, 0.1) is 49.8 Å². The minimum atomic E-state index is -0.110. The summed E-state index contributed by atoms with van der Waals surface area (Å²) in [5.41, 5.74) is 29.5. The Morgan fingerprint density at radius 3 is 1.04 bits per heavy atom. The van der Waals surface area contributed by atoms with E-state index in [9.17, 15) is 0 Å². The number of fused-ring (bicyclic) bond motifs is 19. The predicted molar refractivity (Wildman–Crippen MR) is 432 cm³/mol. The second-order valence-corrected chi connectivity index (χ2v) is 29.5. The van der Waals surface area contributed by atoms with Gasteiger partial charge in [0.25, 0.3) is 0 Å². The third-order valence-electron chi connectivity index (χ3n) is 23.2. The van der Waals surface area contributed by atoms with Gasteiger partial charge in [-0.2, -0.15) is 9.97 Å². The fourth-order valence-electron chi connectivity index (χ4n) is 18.3. The average Bonchev–Trinajstić information content (AvgIpc) is 1.43. The minimum absolute atomic E-state index is 0.104. The number of nitrogens with zero attached hydrogens (tertiary/aromatic N) is 7. The van der Waals surface area contributed by atoms with Crippen molar-refractivity contribution in [2.24, 2.45) is 0 Å². The molecule has 15 aromatic carbocycles. The van der Waals surface area contributed by atoms with Crippen molar-refractivity contribution in [2.75, 3.05) is 0 Å². The van der Waals surface area contributed by atoms with Crippen molar-refractivity contribution in [3.05, 3.63) is 344 Å². The maximum Gasteiger partial charge on any atom is 0.238 e. The van der Waals surface area contributed by atoms with Crippen LogP contribution in [0.1, 0.15) is 49.9 Å².